The highest BCUT2D eigenvalue weighted by atomic mass is 16.1. The average Bonchev–Trinajstić information content (AvgIpc) is 3.04. The molecule has 1 aliphatic rings. The van der Waals surface area contributed by atoms with Crippen molar-refractivity contribution in [2.45, 2.75) is 58.3 Å². The van der Waals surface area contributed by atoms with Gasteiger partial charge in [0.05, 0.1) is 5.52 Å². The smallest absolute Gasteiger partial charge is 0.248 e. The maximum Gasteiger partial charge on any atom is 0.248 e. The summed E-state index contributed by atoms with van der Waals surface area (Å²) in [6.07, 6.45) is 8.50. The normalized spacial score (nSPS) is 15.0. The van der Waals surface area contributed by atoms with Gasteiger partial charge in [-0.25, -0.2) is 0 Å². The van der Waals surface area contributed by atoms with E-state index in [4.69, 9.17) is 0 Å². The van der Waals surface area contributed by atoms with Crippen LogP contribution in [-0.4, -0.2) is 10.9 Å². The van der Waals surface area contributed by atoms with Crippen LogP contribution in [0.1, 0.15) is 57.4 Å². The number of hydrogen-bond acceptors (Lipinski definition) is 2. The molecular weight excluding hydrogens is 300 g/mol. The van der Waals surface area contributed by atoms with Gasteiger partial charge >= 0.3 is 0 Å². The highest BCUT2D eigenvalue weighted by Gasteiger charge is 2.18. The maximum atomic E-state index is 12.2. The maximum absolute atomic E-state index is 12.2. The second kappa shape index (κ2) is 7.65. The van der Waals surface area contributed by atoms with E-state index in [1.165, 1.54) is 25.7 Å². The molecule has 0 bridgehead atoms. The van der Waals surface area contributed by atoms with Gasteiger partial charge in [-0.15, -0.1) is 0 Å². The number of aromatic nitrogens is 1. The van der Waals surface area contributed by atoms with E-state index in [9.17, 15) is 9.59 Å². The molecule has 1 heterocycles. The summed E-state index contributed by atoms with van der Waals surface area (Å²) in [7, 11) is 0. The minimum atomic E-state index is -0.0805. The number of nitrogens with one attached hydrogen (secondary N) is 2. The quantitative estimate of drug-likeness (QED) is 0.827. The number of rotatable bonds is 6. The highest BCUT2D eigenvalue weighted by Crippen LogP contribution is 2.28. The Hall–Kier alpha value is -2.10. The van der Waals surface area contributed by atoms with Gasteiger partial charge < -0.3 is 10.3 Å². The number of carbonyl (C=O) groups excluding carboxylic acids is 1. The van der Waals surface area contributed by atoms with Crippen molar-refractivity contribution < 1.29 is 4.79 Å². The van der Waals surface area contributed by atoms with Crippen molar-refractivity contribution in [3.05, 3.63) is 40.2 Å². The van der Waals surface area contributed by atoms with E-state index < -0.39 is 0 Å². The summed E-state index contributed by atoms with van der Waals surface area (Å²) >= 11 is 0. The SMILES string of the molecule is CCCCc1cc(=O)[nH]c2cc(NC(=O)CC3CCCC3)ccc12. The first-order valence-electron chi connectivity index (χ1n) is 9.11. The Balaban J connectivity index is 1.77. The zero-order valence-electron chi connectivity index (χ0n) is 14.4. The minimum Gasteiger partial charge on any atom is -0.326 e. The van der Waals surface area contributed by atoms with E-state index in [0.717, 1.165) is 41.4 Å². The lowest BCUT2D eigenvalue weighted by atomic mass is 10.0. The number of anilines is 1. The number of H-pyrrole nitrogens is 1. The van der Waals surface area contributed by atoms with Crippen molar-refractivity contribution >= 4 is 22.5 Å². The van der Waals surface area contributed by atoms with E-state index in [-0.39, 0.29) is 11.5 Å². The third-order valence-corrected chi connectivity index (χ3v) is 4.96. The van der Waals surface area contributed by atoms with Crippen LogP contribution in [0.2, 0.25) is 0 Å². The van der Waals surface area contributed by atoms with Gasteiger partial charge in [-0.05, 0) is 49.3 Å². The van der Waals surface area contributed by atoms with Gasteiger partial charge in [-0.1, -0.05) is 32.3 Å². The predicted octanol–water partition coefficient (Wildman–Crippen LogP) is 4.39. The zero-order valence-corrected chi connectivity index (χ0v) is 14.4. The Morgan fingerprint density at radius 2 is 2.04 bits per heavy atom. The number of pyridine rings is 1. The number of hydrogen-bond donors (Lipinski definition) is 2. The van der Waals surface area contributed by atoms with Crippen LogP contribution in [0.4, 0.5) is 5.69 Å². The first-order valence-corrected chi connectivity index (χ1v) is 9.11. The molecule has 0 saturated heterocycles. The molecule has 1 amide bonds. The fraction of sp³-hybridized carbons (Fsp3) is 0.500. The molecule has 0 radical (unpaired) electrons. The molecular formula is C20H26N2O2. The van der Waals surface area contributed by atoms with Crippen LogP contribution in [0.25, 0.3) is 10.9 Å². The predicted molar refractivity (Wildman–Crippen MR) is 98.4 cm³/mol. The Kier molecular flexibility index (Phi) is 5.34. The molecule has 128 valence electrons. The number of amides is 1. The summed E-state index contributed by atoms with van der Waals surface area (Å²) in [4.78, 5) is 27.0. The lowest BCUT2D eigenvalue weighted by Crippen LogP contribution is -2.15. The van der Waals surface area contributed by atoms with Crippen molar-refractivity contribution in [2.24, 2.45) is 5.92 Å². The average molecular weight is 326 g/mol. The summed E-state index contributed by atoms with van der Waals surface area (Å²) < 4.78 is 0. The van der Waals surface area contributed by atoms with E-state index >= 15 is 0 Å². The number of benzene rings is 1. The molecule has 0 spiro atoms. The van der Waals surface area contributed by atoms with Crippen molar-refractivity contribution in [1.82, 2.24) is 4.98 Å². The van der Waals surface area contributed by atoms with Crippen LogP contribution in [0, 0.1) is 5.92 Å². The monoisotopic (exact) mass is 326 g/mol. The Labute approximate surface area is 142 Å². The van der Waals surface area contributed by atoms with Gasteiger partial charge in [0.2, 0.25) is 11.5 Å². The van der Waals surface area contributed by atoms with Gasteiger partial charge in [0.1, 0.15) is 0 Å². The highest BCUT2D eigenvalue weighted by molar-refractivity contribution is 5.94. The lowest BCUT2D eigenvalue weighted by Gasteiger charge is -2.11. The first kappa shape index (κ1) is 16.7. The van der Waals surface area contributed by atoms with Crippen molar-refractivity contribution in [3.8, 4) is 0 Å². The van der Waals surface area contributed by atoms with E-state index in [1.54, 1.807) is 6.07 Å². The molecule has 1 aromatic carbocycles. The Morgan fingerprint density at radius 3 is 2.79 bits per heavy atom. The minimum absolute atomic E-state index is 0.0748. The number of aromatic amines is 1. The molecule has 1 aliphatic carbocycles. The Bertz CT molecular complexity index is 773. The number of fused-ring (bicyclic) bond motifs is 1. The second-order valence-corrected chi connectivity index (χ2v) is 6.93. The summed E-state index contributed by atoms with van der Waals surface area (Å²) in [6, 6.07) is 7.50. The number of aryl methyl sites for hydroxylation is 1. The molecule has 3 rings (SSSR count). The third kappa shape index (κ3) is 4.05. The van der Waals surface area contributed by atoms with E-state index in [2.05, 4.69) is 17.2 Å². The van der Waals surface area contributed by atoms with Crippen LogP contribution in [0.15, 0.2) is 29.1 Å². The van der Waals surface area contributed by atoms with Crippen molar-refractivity contribution in [1.29, 1.82) is 0 Å². The molecule has 0 aliphatic heterocycles. The molecule has 2 N–H and O–H groups in total. The van der Waals surface area contributed by atoms with Gasteiger partial charge in [0.25, 0.3) is 0 Å². The molecule has 4 heteroatoms. The molecule has 24 heavy (non-hydrogen) atoms. The van der Waals surface area contributed by atoms with Gasteiger partial charge in [-0.2, -0.15) is 0 Å². The largest absolute Gasteiger partial charge is 0.326 e. The van der Waals surface area contributed by atoms with Crippen molar-refractivity contribution in [3.63, 3.8) is 0 Å². The molecule has 2 aromatic rings. The van der Waals surface area contributed by atoms with Gasteiger partial charge in [0.15, 0.2) is 0 Å². The number of unbranched alkanes of at least 4 members (excludes halogenated alkanes) is 1. The van der Waals surface area contributed by atoms with Crippen LogP contribution in [-0.2, 0) is 11.2 Å². The van der Waals surface area contributed by atoms with Crippen LogP contribution in [0.5, 0.6) is 0 Å². The first-order chi connectivity index (χ1) is 11.7. The van der Waals surface area contributed by atoms with Gasteiger partial charge in [-0.3, -0.25) is 9.59 Å². The summed E-state index contributed by atoms with van der Waals surface area (Å²) in [6.45, 7) is 2.15. The Morgan fingerprint density at radius 1 is 1.25 bits per heavy atom. The van der Waals surface area contributed by atoms with E-state index in [1.807, 2.05) is 18.2 Å². The lowest BCUT2D eigenvalue weighted by molar-refractivity contribution is -0.117. The van der Waals surface area contributed by atoms with Crippen LogP contribution < -0.4 is 10.9 Å². The standard InChI is InChI=1S/C20H26N2O2/c1-2-3-8-15-12-20(24)22-18-13-16(9-10-17(15)18)21-19(23)11-14-6-4-5-7-14/h9-10,12-14H,2-8,11H2,1H3,(H,21,23)(H,22,24). The topological polar surface area (TPSA) is 62.0 Å². The van der Waals surface area contributed by atoms with Crippen molar-refractivity contribution in [2.75, 3.05) is 5.32 Å². The third-order valence-electron chi connectivity index (χ3n) is 4.96. The van der Waals surface area contributed by atoms with Gasteiger partial charge in [0, 0.05) is 23.6 Å². The molecule has 1 fully saturated rings. The summed E-state index contributed by atoms with van der Waals surface area (Å²) in [5, 5.41) is 4.05. The van der Waals surface area contributed by atoms with Crippen LogP contribution >= 0.6 is 0 Å². The molecule has 0 atom stereocenters. The zero-order chi connectivity index (χ0) is 16.9. The fourth-order valence-corrected chi connectivity index (χ4v) is 3.67. The molecule has 1 saturated carbocycles. The summed E-state index contributed by atoms with van der Waals surface area (Å²) in [5.41, 5.74) is 2.56. The number of carbonyl (C=O) groups is 1. The fourth-order valence-electron chi connectivity index (χ4n) is 3.67. The molecule has 0 unspecified atom stereocenters. The second-order valence-electron chi connectivity index (χ2n) is 6.93. The summed E-state index contributed by atoms with van der Waals surface area (Å²) in [5.74, 6) is 0.608. The van der Waals surface area contributed by atoms with Crippen LogP contribution in [0.3, 0.4) is 0 Å². The molecule has 1 aromatic heterocycles. The molecule has 4 nitrogen and oxygen atoms in total. The van der Waals surface area contributed by atoms with E-state index in [0.29, 0.717) is 12.3 Å².